The molecule has 0 saturated carbocycles. The first-order valence-electron chi connectivity index (χ1n) is 10.2. The first-order chi connectivity index (χ1) is 14.7. The number of hydrogen-bond acceptors (Lipinski definition) is 4. The maximum atomic E-state index is 12.6. The predicted octanol–water partition coefficient (Wildman–Crippen LogP) is 6.21. The number of carbonyl (C=O) groups excluding carboxylic acids is 1. The Balaban J connectivity index is 1.62. The summed E-state index contributed by atoms with van der Waals surface area (Å²) in [5.41, 5.74) is 1.88. The first-order valence-corrected chi connectivity index (χ1v) is 11.0. The molecule has 30 heavy (non-hydrogen) atoms. The molecule has 0 saturated heterocycles. The largest absolute Gasteiger partial charge is 0.490 e. The van der Waals surface area contributed by atoms with Crippen LogP contribution in [-0.2, 0) is 11.2 Å². The Morgan fingerprint density at radius 3 is 2.33 bits per heavy atom. The van der Waals surface area contributed by atoms with E-state index < -0.39 is 0 Å². The van der Waals surface area contributed by atoms with Crippen LogP contribution >= 0.6 is 11.8 Å². The van der Waals surface area contributed by atoms with Crippen LogP contribution in [0.15, 0.2) is 82.6 Å². The van der Waals surface area contributed by atoms with Gasteiger partial charge in [-0.1, -0.05) is 48.2 Å². The second-order valence-electron chi connectivity index (χ2n) is 6.61. The van der Waals surface area contributed by atoms with Crippen LogP contribution in [0, 0.1) is 0 Å². The van der Waals surface area contributed by atoms with Gasteiger partial charge in [-0.3, -0.25) is 4.79 Å². The summed E-state index contributed by atoms with van der Waals surface area (Å²) < 4.78 is 11.3. The minimum Gasteiger partial charge on any atom is -0.490 e. The molecule has 5 heteroatoms. The Kier molecular flexibility index (Phi) is 8.21. The maximum absolute atomic E-state index is 12.6. The van der Waals surface area contributed by atoms with Gasteiger partial charge in [0.05, 0.1) is 18.9 Å². The second-order valence-corrected chi connectivity index (χ2v) is 7.72. The van der Waals surface area contributed by atoms with Crippen molar-refractivity contribution in [3.63, 3.8) is 0 Å². The highest BCUT2D eigenvalue weighted by Gasteiger charge is 2.10. The van der Waals surface area contributed by atoms with Crippen LogP contribution in [0.25, 0.3) is 0 Å². The van der Waals surface area contributed by atoms with Crippen molar-refractivity contribution >= 4 is 23.4 Å². The molecule has 0 aromatic heterocycles. The third-order valence-electron chi connectivity index (χ3n) is 4.38. The molecule has 0 fully saturated rings. The molecule has 3 rings (SSSR count). The third kappa shape index (κ3) is 6.29. The lowest BCUT2D eigenvalue weighted by atomic mass is 10.1. The van der Waals surface area contributed by atoms with Crippen LogP contribution in [-0.4, -0.2) is 19.1 Å². The summed E-state index contributed by atoms with van der Waals surface area (Å²) in [7, 11) is 0. The average molecular weight is 422 g/mol. The van der Waals surface area contributed by atoms with E-state index in [1.165, 1.54) is 0 Å². The molecule has 1 amide bonds. The van der Waals surface area contributed by atoms with Gasteiger partial charge in [0.1, 0.15) is 0 Å². The molecule has 3 aromatic rings. The van der Waals surface area contributed by atoms with Crippen LogP contribution in [0.2, 0.25) is 0 Å². The van der Waals surface area contributed by atoms with Gasteiger partial charge in [0, 0.05) is 16.2 Å². The zero-order chi connectivity index (χ0) is 21.2. The number of rotatable bonds is 10. The van der Waals surface area contributed by atoms with Crippen molar-refractivity contribution in [1.82, 2.24) is 0 Å². The molecule has 0 unspecified atom stereocenters. The summed E-state index contributed by atoms with van der Waals surface area (Å²) >= 11 is 1.64. The van der Waals surface area contributed by atoms with E-state index in [-0.39, 0.29) is 5.91 Å². The van der Waals surface area contributed by atoms with Crippen molar-refractivity contribution < 1.29 is 14.3 Å². The smallest absolute Gasteiger partial charge is 0.224 e. The third-order valence-corrected chi connectivity index (χ3v) is 5.46. The van der Waals surface area contributed by atoms with Crippen molar-refractivity contribution in [2.45, 2.75) is 36.5 Å². The second kappa shape index (κ2) is 11.3. The number of anilines is 1. The van der Waals surface area contributed by atoms with Gasteiger partial charge in [-0.15, -0.1) is 0 Å². The van der Waals surface area contributed by atoms with Gasteiger partial charge >= 0.3 is 0 Å². The molecule has 1 N–H and O–H groups in total. The summed E-state index contributed by atoms with van der Waals surface area (Å²) in [5, 5.41) is 3.06. The first kappa shape index (κ1) is 21.8. The van der Waals surface area contributed by atoms with Crippen LogP contribution in [0.5, 0.6) is 11.5 Å². The summed E-state index contributed by atoms with van der Waals surface area (Å²) in [6.07, 6.45) is 1.02. The van der Waals surface area contributed by atoms with E-state index in [4.69, 9.17) is 9.47 Å². The van der Waals surface area contributed by atoms with Crippen molar-refractivity contribution in [1.29, 1.82) is 0 Å². The van der Waals surface area contributed by atoms with E-state index in [1.54, 1.807) is 11.8 Å². The highest BCUT2D eigenvalue weighted by Crippen LogP contribution is 2.33. The lowest BCUT2D eigenvalue weighted by molar-refractivity contribution is -0.116. The van der Waals surface area contributed by atoms with E-state index in [2.05, 4.69) is 17.4 Å². The molecule has 4 nitrogen and oxygen atoms in total. The molecule has 0 heterocycles. The van der Waals surface area contributed by atoms with E-state index in [1.807, 2.05) is 74.5 Å². The van der Waals surface area contributed by atoms with Gasteiger partial charge in [0.2, 0.25) is 5.91 Å². The van der Waals surface area contributed by atoms with Gasteiger partial charge in [-0.25, -0.2) is 0 Å². The molecule has 0 bridgehead atoms. The van der Waals surface area contributed by atoms with Crippen molar-refractivity contribution in [2.75, 3.05) is 18.5 Å². The molecule has 0 atom stereocenters. The quantitative estimate of drug-likeness (QED) is 0.423. The van der Waals surface area contributed by atoms with E-state index >= 15 is 0 Å². The number of para-hydroxylation sites is 1. The Hall–Kier alpha value is -2.92. The van der Waals surface area contributed by atoms with E-state index in [9.17, 15) is 4.79 Å². The number of benzene rings is 3. The normalized spacial score (nSPS) is 10.5. The summed E-state index contributed by atoms with van der Waals surface area (Å²) in [5.74, 6) is 1.45. The fourth-order valence-corrected chi connectivity index (χ4v) is 3.92. The number of ether oxygens (including phenoxy) is 2. The standard InChI is InChI=1S/C25H27NO3S/c1-3-28-22-16-14-19(18-23(22)29-4-2)15-17-25(27)26-21-12-8-9-13-24(21)30-20-10-6-5-7-11-20/h5-14,16,18H,3-4,15,17H2,1-2H3,(H,26,27). The van der Waals surface area contributed by atoms with E-state index in [0.29, 0.717) is 26.1 Å². The molecular formula is C25H27NO3S. The van der Waals surface area contributed by atoms with E-state index in [0.717, 1.165) is 32.5 Å². The monoisotopic (exact) mass is 421 g/mol. The van der Waals surface area contributed by atoms with Crippen LogP contribution in [0.3, 0.4) is 0 Å². The zero-order valence-electron chi connectivity index (χ0n) is 17.4. The maximum Gasteiger partial charge on any atom is 0.224 e. The van der Waals surface area contributed by atoms with Gasteiger partial charge in [-0.2, -0.15) is 0 Å². The summed E-state index contributed by atoms with van der Waals surface area (Å²) in [4.78, 5) is 14.8. The molecule has 0 aliphatic rings. The molecule has 0 radical (unpaired) electrons. The fraction of sp³-hybridized carbons (Fsp3) is 0.240. The number of amides is 1. The van der Waals surface area contributed by atoms with Crippen LogP contribution in [0.1, 0.15) is 25.8 Å². The minimum absolute atomic E-state index is 0.0112. The Morgan fingerprint density at radius 2 is 1.57 bits per heavy atom. The summed E-state index contributed by atoms with van der Waals surface area (Å²) in [6, 6.07) is 23.9. The zero-order valence-corrected chi connectivity index (χ0v) is 18.2. The molecule has 0 aliphatic carbocycles. The molecular weight excluding hydrogens is 394 g/mol. The average Bonchev–Trinajstić information content (AvgIpc) is 2.76. The highest BCUT2D eigenvalue weighted by molar-refractivity contribution is 7.99. The number of carbonyl (C=O) groups is 1. The summed E-state index contributed by atoms with van der Waals surface area (Å²) in [6.45, 7) is 5.05. The van der Waals surface area contributed by atoms with Crippen molar-refractivity contribution in [2.24, 2.45) is 0 Å². The molecule has 0 aliphatic heterocycles. The minimum atomic E-state index is -0.0112. The van der Waals surface area contributed by atoms with Crippen molar-refractivity contribution in [3.05, 3.63) is 78.4 Å². The van der Waals surface area contributed by atoms with Gasteiger partial charge < -0.3 is 14.8 Å². The lowest BCUT2D eigenvalue weighted by Crippen LogP contribution is -2.13. The predicted molar refractivity (Wildman–Crippen MR) is 123 cm³/mol. The fourth-order valence-electron chi connectivity index (χ4n) is 3.00. The Bertz CT molecular complexity index is 960. The molecule has 156 valence electrons. The Labute approximate surface area is 182 Å². The molecule has 3 aromatic carbocycles. The van der Waals surface area contributed by atoms with Crippen LogP contribution in [0.4, 0.5) is 5.69 Å². The number of aryl methyl sites for hydroxylation is 1. The van der Waals surface area contributed by atoms with Gasteiger partial charge in [0.15, 0.2) is 11.5 Å². The topological polar surface area (TPSA) is 47.6 Å². The number of hydrogen-bond donors (Lipinski definition) is 1. The van der Waals surface area contributed by atoms with Gasteiger partial charge in [-0.05, 0) is 62.2 Å². The van der Waals surface area contributed by atoms with Crippen molar-refractivity contribution in [3.8, 4) is 11.5 Å². The number of nitrogens with one attached hydrogen (secondary N) is 1. The highest BCUT2D eigenvalue weighted by atomic mass is 32.2. The SMILES string of the molecule is CCOc1ccc(CCC(=O)Nc2ccccc2Sc2ccccc2)cc1OCC. The Morgan fingerprint density at radius 1 is 0.867 bits per heavy atom. The lowest BCUT2D eigenvalue weighted by Gasteiger charge is -2.13. The van der Waals surface area contributed by atoms with Gasteiger partial charge in [0.25, 0.3) is 0 Å². The van der Waals surface area contributed by atoms with Crippen LogP contribution < -0.4 is 14.8 Å². The molecule has 0 spiro atoms.